The van der Waals surface area contributed by atoms with Crippen LogP contribution in [-0.4, -0.2) is 41.2 Å². The molecule has 0 radical (unpaired) electrons. The van der Waals surface area contributed by atoms with E-state index in [-0.39, 0.29) is 0 Å². The number of alkyl halides is 3. The molecule has 0 aromatic heterocycles. The largest absolute Gasteiger partial charge is 0.413 e. The van der Waals surface area contributed by atoms with Gasteiger partial charge in [0.1, 0.15) is 0 Å². The summed E-state index contributed by atoms with van der Waals surface area (Å²) in [6.07, 6.45) is -2.41. The Balaban J connectivity index is 2.11. The number of ether oxygens (including phenoxy) is 1. The average molecular weight is 311 g/mol. The second-order valence-electron chi connectivity index (χ2n) is 5.90. The molecule has 116 valence electrons. The van der Waals surface area contributed by atoms with Crippen molar-refractivity contribution in [1.29, 1.82) is 0 Å². The van der Waals surface area contributed by atoms with Gasteiger partial charge in [-0.05, 0) is 44.1 Å². The van der Waals surface area contributed by atoms with Crippen LogP contribution in [0, 0.1) is 5.92 Å². The molecule has 2 unspecified atom stereocenters. The van der Waals surface area contributed by atoms with E-state index < -0.39 is 29.0 Å². The molecule has 1 spiro atoms. The highest BCUT2D eigenvalue weighted by Crippen LogP contribution is 2.42. The molecule has 2 atom stereocenters. The Morgan fingerprint density at radius 3 is 2.50 bits per heavy atom. The van der Waals surface area contributed by atoms with E-state index in [0.29, 0.717) is 19.4 Å². The predicted octanol–water partition coefficient (Wildman–Crippen LogP) is 2.53. The third-order valence-corrected chi connectivity index (χ3v) is 5.35. The maximum absolute atomic E-state index is 12.9. The fourth-order valence-electron chi connectivity index (χ4n) is 2.91. The summed E-state index contributed by atoms with van der Waals surface area (Å²) in [4.78, 5) is 12.2. The molecular formula is C13H20F3NO2S. The zero-order chi connectivity index (χ0) is 15.0. The lowest BCUT2D eigenvalue weighted by Gasteiger charge is -2.44. The monoisotopic (exact) mass is 311 g/mol. The third kappa shape index (κ3) is 2.99. The van der Waals surface area contributed by atoms with Crippen LogP contribution in [0.25, 0.3) is 0 Å². The minimum atomic E-state index is -4.71. The van der Waals surface area contributed by atoms with Crippen molar-refractivity contribution < 1.29 is 22.7 Å². The zero-order valence-electron chi connectivity index (χ0n) is 11.5. The van der Waals surface area contributed by atoms with Crippen LogP contribution in [-0.2, 0) is 9.53 Å². The summed E-state index contributed by atoms with van der Waals surface area (Å²) in [6.45, 7) is 1.11. The molecule has 0 bridgehead atoms. The van der Waals surface area contributed by atoms with Gasteiger partial charge in [-0.15, -0.1) is 0 Å². The molecule has 0 saturated carbocycles. The third-order valence-electron chi connectivity index (χ3n) is 4.37. The average Bonchev–Trinajstić information content (AvgIpc) is 2.37. The van der Waals surface area contributed by atoms with Gasteiger partial charge < -0.3 is 10.5 Å². The molecular weight excluding hydrogens is 291 g/mol. The van der Waals surface area contributed by atoms with Crippen LogP contribution in [0.4, 0.5) is 13.2 Å². The summed E-state index contributed by atoms with van der Waals surface area (Å²) in [7, 11) is 0. The fraction of sp³-hybridized carbons (Fsp3) is 0.923. The smallest absolute Gasteiger partial charge is 0.375 e. The highest BCUT2D eigenvalue weighted by Gasteiger charge is 2.56. The molecule has 3 nitrogen and oxygen atoms in total. The molecule has 2 aliphatic heterocycles. The van der Waals surface area contributed by atoms with Crippen LogP contribution >= 0.6 is 11.8 Å². The number of nitrogens with two attached hydrogens (primary N) is 1. The van der Waals surface area contributed by atoms with Gasteiger partial charge in [-0.25, -0.2) is 0 Å². The van der Waals surface area contributed by atoms with Crippen molar-refractivity contribution in [3.8, 4) is 0 Å². The van der Waals surface area contributed by atoms with Crippen LogP contribution < -0.4 is 5.73 Å². The number of Topliss-reactive ketones (excluding diaryl/α,β-unsaturated/α-hetero) is 1. The first-order valence-electron chi connectivity index (χ1n) is 6.80. The van der Waals surface area contributed by atoms with E-state index in [1.807, 2.05) is 11.8 Å². The number of hydrogen-bond donors (Lipinski definition) is 1. The molecule has 0 amide bonds. The van der Waals surface area contributed by atoms with E-state index in [9.17, 15) is 18.0 Å². The standard InChI is InChI=1S/C13H20F3NO2S/c1-11(17,13(14,15)16)10(18)9-2-5-19-12(8-9)3-6-20-7-4-12/h9H,2-8,17H2,1H3. The number of hydrogen-bond acceptors (Lipinski definition) is 4. The summed E-state index contributed by atoms with van der Waals surface area (Å²) in [5.41, 5.74) is 2.09. The van der Waals surface area contributed by atoms with Crippen molar-refractivity contribution in [2.24, 2.45) is 11.7 Å². The van der Waals surface area contributed by atoms with E-state index in [4.69, 9.17) is 10.5 Å². The Morgan fingerprint density at radius 1 is 1.35 bits per heavy atom. The SMILES string of the molecule is CC(N)(C(=O)C1CCOC2(CCSCC2)C1)C(F)(F)F. The summed E-state index contributed by atoms with van der Waals surface area (Å²) in [5, 5.41) is 0. The van der Waals surface area contributed by atoms with E-state index in [2.05, 4.69) is 0 Å². The molecule has 0 aromatic rings. The Kier molecular flexibility index (Phi) is 4.43. The van der Waals surface area contributed by atoms with Gasteiger partial charge in [0.15, 0.2) is 11.3 Å². The van der Waals surface area contributed by atoms with Gasteiger partial charge in [0.05, 0.1) is 5.60 Å². The lowest BCUT2D eigenvalue weighted by molar-refractivity contribution is -0.192. The van der Waals surface area contributed by atoms with Crippen molar-refractivity contribution in [1.82, 2.24) is 0 Å². The number of carbonyl (C=O) groups is 1. The number of halogens is 3. The lowest BCUT2D eigenvalue weighted by atomic mass is 9.75. The zero-order valence-corrected chi connectivity index (χ0v) is 12.3. The fourth-order valence-corrected chi connectivity index (χ4v) is 4.14. The maximum Gasteiger partial charge on any atom is 0.413 e. The molecule has 20 heavy (non-hydrogen) atoms. The van der Waals surface area contributed by atoms with Crippen LogP contribution in [0.1, 0.15) is 32.6 Å². The number of carbonyl (C=O) groups excluding carboxylic acids is 1. The Bertz CT molecular complexity index is 373. The van der Waals surface area contributed by atoms with Crippen LogP contribution in [0.2, 0.25) is 0 Å². The topological polar surface area (TPSA) is 52.3 Å². The molecule has 2 rings (SSSR count). The number of rotatable bonds is 2. The first-order valence-corrected chi connectivity index (χ1v) is 7.95. The van der Waals surface area contributed by atoms with Crippen LogP contribution in [0.5, 0.6) is 0 Å². The lowest BCUT2D eigenvalue weighted by Crippen LogP contribution is -2.60. The second-order valence-corrected chi connectivity index (χ2v) is 7.12. The minimum absolute atomic E-state index is 0.330. The summed E-state index contributed by atoms with van der Waals surface area (Å²) in [5.74, 6) is 0.314. The van der Waals surface area contributed by atoms with Gasteiger partial charge in [0, 0.05) is 12.5 Å². The number of thioether (sulfide) groups is 1. The molecule has 2 saturated heterocycles. The van der Waals surface area contributed by atoms with Crippen LogP contribution in [0.3, 0.4) is 0 Å². The van der Waals surface area contributed by atoms with E-state index in [0.717, 1.165) is 31.3 Å². The van der Waals surface area contributed by atoms with Gasteiger partial charge in [-0.3, -0.25) is 4.79 Å². The minimum Gasteiger partial charge on any atom is -0.375 e. The maximum atomic E-state index is 12.9. The van der Waals surface area contributed by atoms with Crippen LogP contribution in [0.15, 0.2) is 0 Å². The Labute approximate surface area is 120 Å². The summed E-state index contributed by atoms with van der Waals surface area (Å²) in [6, 6.07) is 0. The van der Waals surface area contributed by atoms with E-state index >= 15 is 0 Å². The van der Waals surface area contributed by atoms with Gasteiger partial charge >= 0.3 is 6.18 Å². The van der Waals surface area contributed by atoms with Crippen molar-refractivity contribution in [2.75, 3.05) is 18.1 Å². The molecule has 2 aliphatic rings. The van der Waals surface area contributed by atoms with Gasteiger partial charge in [-0.1, -0.05) is 0 Å². The second kappa shape index (κ2) is 5.50. The Hall–Kier alpha value is -0.270. The van der Waals surface area contributed by atoms with Crippen molar-refractivity contribution in [3.05, 3.63) is 0 Å². The number of ketones is 1. The van der Waals surface area contributed by atoms with Gasteiger partial charge in [-0.2, -0.15) is 24.9 Å². The Morgan fingerprint density at radius 2 is 1.95 bits per heavy atom. The van der Waals surface area contributed by atoms with E-state index in [1.165, 1.54) is 0 Å². The van der Waals surface area contributed by atoms with Crippen molar-refractivity contribution >= 4 is 17.5 Å². The summed E-state index contributed by atoms with van der Waals surface area (Å²) >= 11 is 1.81. The van der Waals surface area contributed by atoms with Crippen molar-refractivity contribution in [3.63, 3.8) is 0 Å². The molecule has 7 heteroatoms. The highest BCUT2D eigenvalue weighted by atomic mass is 32.2. The summed E-state index contributed by atoms with van der Waals surface area (Å²) < 4.78 is 44.5. The first kappa shape index (κ1) is 16.1. The normalized spacial score (nSPS) is 29.9. The first-order chi connectivity index (χ1) is 9.18. The molecule has 0 aliphatic carbocycles. The van der Waals surface area contributed by atoms with Crippen molar-refractivity contribution in [2.45, 2.75) is 49.9 Å². The molecule has 2 N–H and O–H groups in total. The molecule has 2 heterocycles. The van der Waals surface area contributed by atoms with E-state index in [1.54, 1.807) is 0 Å². The molecule has 2 fully saturated rings. The van der Waals surface area contributed by atoms with Gasteiger partial charge in [0.2, 0.25) is 0 Å². The molecule has 0 aromatic carbocycles. The quantitative estimate of drug-likeness (QED) is 0.851. The van der Waals surface area contributed by atoms with Gasteiger partial charge in [0.25, 0.3) is 0 Å². The predicted molar refractivity (Wildman–Crippen MR) is 71.6 cm³/mol. The highest BCUT2D eigenvalue weighted by molar-refractivity contribution is 7.99.